The first-order chi connectivity index (χ1) is 7.33. The number of furan rings is 1. The van der Waals surface area contributed by atoms with Crippen molar-refractivity contribution in [1.82, 2.24) is 0 Å². The third-order valence-electron chi connectivity index (χ3n) is 2.19. The number of carbonyl (C=O) groups excluding carboxylic acids is 1. The Morgan fingerprint density at radius 2 is 2.13 bits per heavy atom. The van der Waals surface area contributed by atoms with Gasteiger partial charge in [-0.2, -0.15) is 0 Å². The summed E-state index contributed by atoms with van der Waals surface area (Å²) in [7, 11) is 0. The van der Waals surface area contributed by atoms with E-state index in [1.807, 2.05) is 24.3 Å². The minimum absolute atomic E-state index is 0.336. The van der Waals surface area contributed by atoms with Crippen molar-refractivity contribution in [3.05, 3.63) is 47.7 Å². The van der Waals surface area contributed by atoms with Gasteiger partial charge in [0.25, 0.3) is 0 Å². The van der Waals surface area contributed by atoms with Crippen molar-refractivity contribution in [3.8, 4) is 11.3 Å². The lowest BCUT2D eigenvalue weighted by molar-refractivity contribution is 0.110. The van der Waals surface area contributed by atoms with Crippen LogP contribution >= 0.6 is 0 Å². The summed E-state index contributed by atoms with van der Waals surface area (Å²) in [5.41, 5.74) is 7.52. The minimum atomic E-state index is 0.336. The van der Waals surface area contributed by atoms with Crippen LogP contribution in [0.15, 0.2) is 40.8 Å². The second kappa shape index (κ2) is 4.11. The number of aldehydes is 1. The molecule has 1 aromatic heterocycles. The van der Waals surface area contributed by atoms with Crippen molar-refractivity contribution >= 4 is 6.29 Å². The number of benzene rings is 1. The molecule has 0 radical (unpaired) electrons. The quantitative estimate of drug-likeness (QED) is 0.774. The molecule has 3 nitrogen and oxygen atoms in total. The molecule has 2 rings (SSSR count). The maximum Gasteiger partial charge on any atom is 0.185 e. The molecule has 0 saturated heterocycles. The van der Waals surface area contributed by atoms with Gasteiger partial charge in [-0.3, -0.25) is 4.79 Å². The molecular weight excluding hydrogens is 190 g/mol. The van der Waals surface area contributed by atoms with Crippen molar-refractivity contribution in [2.75, 3.05) is 0 Å². The molecule has 0 atom stereocenters. The van der Waals surface area contributed by atoms with Gasteiger partial charge in [-0.15, -0.1) is 0 Å². The maximum absolute atomic E-state index is 10.5. The van der Waals surface area contributed by atoms with E-state index in [2.05, 4.69) is 0 Å². The molecule has 0 fully saturated rings. The van der Waals surface area contributed by atoms with E-state index in [9.17, 15) is 4.79 Å². The van der Waals surface area contributed by atoms with Crippen LogP contribution in [0.5, 0.6) is 0 Å². The monoisotopic (exact) mass is 201 g/mol. The highest BCUT2D eigenvalue weighted by Gasteiger charge is 2.04. The lowest BCUT2D eigenvalue weighted by atomic mass is 10.1. The highest BCUT2D eigenvalue weighted by atomic mass is 16.3. The van der Waals surface area contributed by atoms with Gasteiger partial charge in [-0.25, -0.2) is 0 Å². The summed E-state index contributed by atoms with van der Waals surface area (Å²) in [5.74, 6) is 1.02. The second-order valence-corrected chi connectivity index (χ2v) is 3.22. The van der Waals surface area contributed by atoms with Crippen molar-refractivity contribution in [1.29, 1.82) is 0 Å². The molecule has 76 valence electrons. The fourth-order valence-corrected chi connectivity index (χ4v) is 1.42. The first-order valence-corrected chi connectivity index (χ1v) is 4.68. The van der Waals surface area contributed by atoms with E-state index < -0.39 is 0 Å². The Bertz CT molecular complexity index is 474. The Morgan fingerprint density at radius 1 is 1.27 bits per heavy atom. The van der Waals surface area contributed by atoms with E-state index in [4.69, 9.17) is 10.2 Å². The minimum Gasteiger partial charge on any atom is -0.453 e. The average molecular weight is 201 g/mol. The zero-order chi connectivity index (χ0) is 10.7. The molecule has 0 aliphatic carbocycles. The SMILES string of the molecule is NCc1cccc(-c2ccc(C=O)o2)c1. The Hall–Kier alpha value is -1.87. The summed E-state index contributed by atoms with van der Waals surface area (Å²) >= 11 is 0. The molecule has 0 aliphatic rings. The van der Waals surface area contributed by atoms with Gasteiger partial charge < -0.3 is 10.2 Å². The molecule has 15 heavy (non-hydrogen) atoms. The summed E-state index contributed by atoms with van der Waals surface area (Å²) in [6.07, 6.45) is 0.691. The van der Waals surface area contributed by atoms with Crippen LogP contribution in [0.2, 0.25) is 0 Å². The maximum atomic E-state index is 10.5. The molecule has 1 heterocycles. The van der Waals surface area contributed by atoms with Gasteiger partial charge in [0, 0.05) is 12.1 Å². The molecule has 2 aromatic rings. The molecule has 3 heteroatoms. The Kier molecular flexibility index (Phi) is 2.65. The average Bonchev–Trinajstić information content (AvgIpc) is 2.78. The number of nitrogens with two attached hydrogens (primary N) is 1. The van der Waals surface area contributed by atoms with Crippen LogP contribution in [0.4, 0.5) is 0 Å². The zero-order valence-corrected chi connectivity index (χ0v) is 8.14. The molecule has 0 aliphatic heterocycles. The summed E-state index contributed by atoms with van der Waals surface area (Å²) in [4.78, 5) is 10.5. The predicted octanol–water partition coefficient (Wildman–Crippen LogP) is 2.22. The molecule has 1 aromatic carbocycles. The molecular formula is C12H11NO2. The lowest BCUT2D eigenvalue weighted by Gasteiger charge is -1.99. The molecule has 0 bridgehead atoms. The van der Waals surface area contributed by atoms with Gasteiger partial charge >= 0.3 is 0 Å². The summed E-state index contributed by atoms with van der Waals surface area (Å²) in [6.45, 7) is 0.495. The van der Waals surface area contributed by atoms with Crippen LogP contribution in [-0.2, 0) is 6.54 Å². The second-order valence-electron chi connectivity index (χ2n) is 3.22. The van der Waals surface area contributed by atoms with Crippen LogP contribution < -0.4 is 5.73 Å². The van der Waals surface area contributed by atoms with Gasteiger partial charge in [0.05, 0.1) is 0 Å². The number of carbonyl (C=O) groups is 1. The first kappa shape index (κ1) is 9.68. The lowest BCUT2D eigenvalue weighted by Crippen LogP contribution is -1.95. The van der Waals surface area contributed by atoms with Crippen LogP contribution in [0, 0.1) is 0 Å². The van der Waals surface area contributed by atoms with Crippen LogP contribution in [0.3, 0.4) is 0 Å². The number of hydrogen-bond acceptors (Lipinski definition) is 3. The first-order valence-electron chi connectivity index (χ1n) is 4.68. The van der Waals surface area contributed by atoms with E-state index in [1.54, 1.807) is 12.1 Å². The highest BCUT2D eigenvalue weighted by molar-refractivity contribution is 5.72. The zero-order valence-electron chi connectivity index (χ0n) is 8.14. The fourth-order valence-electron chi connectivity index (χ4n) is 1.42. The van der Waals surface area contributed by atoms with E-state index in [1.165, 1.54) is 0 Å². The van der Waals surface area contributed by atoms with Crippen molar-refractivity contribution in [2.45, 2.75) is 6.54 Å². The number of rotatable bonds is 3. The molecule has 0 unspecified atom stereocenters. The summed E-state index contributed by atoms with van der Waals surface area (Å²) in [6, 6.07) is 11.2. The van der Waals surface area contributed by atoms with Gasteiger partial charge in [0.15, 0.2) is 12.0 Å². The van der Waals surface area contributed by atoms with Gasteiger partial charge in [-0.05, 0) is 23.8 Å². The van der Waals surface area contributed by atoms with Crippen molar-refractivity contribution in [3.63, 3.8) is 0 Å². The van der Waals surface area contributed by atoms with Crippen LogP contribution in [-0.4, -0.2) is 6.29 Å². The van der Waals surface area contributed by atoms with Gasteiger partial charge in [0.1, 0.15) is 5.76 Å². The summed E-state index contributed by atoms with van der Waals surface area (Å²) < 4.78 is 5.31. The van der Waals surface area contributed by atoms with E-state index in [0.29, 0.717) is 24.4 Å². The van der Waals surface area contributed by atoms with Crippen LogP contribution in [0.25, 0.3) is 11.3 Å². The fraction of sp³-hybridized carbons (Fsp3) is 0.0833. The Labute approximate surface area is 87.5 Å². The highest BCUT2D eigenvalue weighted by Crippen LogP contribution is 2.22. The molecule has 0 amide bonds. The van der Waals surface area contributed by atoms with E-state index >= 15 is 0 Å². The van der Waals surface area contributed by atoms with Crippen molar-refractivity contribution < 1.29 is 9.21 Å². The number of hydrogen-bond donors (Lipinski definition) is 1. The largest absolute Gasteiger partial charge is 0.453 e. The smallest absolute Gasteiger partial charge is 0.185 e. The third kappa shape index (κ3) is 1.97. The van der Waals surface area contributed by atoms with E-state index in [-0.39, 0.29) is 0 Å². The normalized spacial score (nSPS) is 10.2. The summed E-state index contributed by atoms with van der Waals surface area (Å²) in [5, 5.41) is 0. The molecule has 0 saturated carbocycles. The van der Waals surface area contributed by atoms with Gasteiger partial charge in [-0.1, -0.05) is 18.2 Å². The Balaban J connectivity index is 2.39. The Morgan fingerprint density at radius 3 is 2.80 bits per heavy atom. The van der Waals surface area contributed by atoms with Crippen molar-refractivity contribution in [2.24, 2.45) is 5.73 Å². The third-order valence-corrected chi connectivity index (χ3v) is 2.19. The van der Waals surface area contributed by atoms with Gasteiger partial charge in [0.2, 0.25) is 0 Å². The van der Waals surface area contributed by atoms with Crippen LogP contribution in [0.1, 0.15) is 16.1 Å². The predicted molar refractivity (Wildman–Crippen MR) is 57.4 cm³/mol. The molecule has 0 spiro atoms. The molecule has 2 N–H and O–H groups in total. The standard InChI is InChI=1S/C12H11NO2/c13-7-9-2-1-3-10(6-9)12-5-4-11(8-14)15-12/h1-6,8H,7,13H2. The van der Waals surface area contributed by atoms with E-state index in [0.717, 1.165) is 11.1 Å². The topological polar surface area (TPSA) is 56.2 Å².